The lowest BCUT2D eigenvalue weighted by molar-refractivity contribution is -0.140. The number of ether oxygens (including phenoxy) is 1. The van der Waals surface area contributed by atoms with Gasteiger partial charge in [-0.25, -0.2) is 4.79 Å². The number of unbranched alkanes of at least 4 members (excludes halogenated alkanes) is 4. The van der Waals surface area contributed by atoms with E-state index in [4.69, 9.17) is 16.3 Å². The maximum atomic E-state index is 12.8. The van der Waals surface area contributed by atoms with Gasteiger partial charge in [-0.15, -0.1) is 0 Å². The Morgan fingerprint density at radius 3 is 2.17 bits per heavy atom. The molecule has 0 aliphatic carbocycles. The molecule has 1 heterocycles. The van der Waals surface area contributed by atoms with Crippen LogP contribution in [0.15, 0.2) is 45.8 Å². The number of benzene rings is 1. The number of likely N-dealkylation sites (N-methyl/N-ethyl adjacent to an activating group) is 3. The lowest BCUT2D eigenvalue weighted by atomic mass is 10.0. The minimum Gasteiger partial charge on any atom is -0.444 e. The zero-order valence-electron chi connectivity index (χ0n) is 33.2. The monoisotopic (exact) mass is 811 g/mol. The molecule has 3 amide bonds. The van der Waals surface area contributed by atoms with E-state index in [0.717, 1.165) is 47.9 Å². The quantitative estimate of drug-likeness (QED) is 0.122. The van der Waals surface area contributed by atoms with Gasteiger partial charge in [0.05, 0.1) is 18.6 Å². The minimum absolute atomic E-state index is 0.0482. The number of carbonyl (C=O) groups excluding carboxylic acids is 4. The number of hydrogen-bond acceptors (Lipinski definition) is 7. The predicted molar refractivity (Wildman–Crippen MR) is 216 cm³/mol. The van der Waals surface area contributed by atoms with Crippen LogP contribution in [0.2, 0.25) is 5.02 Å². The second-order valence-corrected chi connectivity index (χ2v) is 15.2. The molecule has 0 radical (unpaired) electrons. The average Bonchev–Trinajstić information content (AvgIpc) is 3.07. The smallest absolute Gasteiger partial charge is 0.412 e. The first kappa shape index (κ1) is 48.8. The molecule has 1 unspecified atom stereocenters. The van der Waals surface area contributed by atoms with Crippen LogP contribution in [0.1, 0.15) is 105 Å². The molecule has 294 valence electrons. The third kappa shape index (κ3) is 19.6. The zero-order valence-corrected chi connectivity index (χ0v) is 35.5. The highest BCUT2D eigenvalue weighted by molar-refractivity contribution is 9.10. The first-order chi connectivity index (χ1) is 24.4. The average molecular weight is 813 g/mol. The van der Waals surface area contributed by atoms with E-state index in [0.29, 0.717) is 25.3 Å². The van der Waals surface area contributed by atoms with E-state index in [1.165, 1.54) is 21.1 Å². The SMILES string of the molecule is CC.CN[C@@H](CC(C)C)C(=O)N(C)CC(=O)N(C)CCCCCCCC(C=O)n1cccc(NC(=O)OC(C)(C)C)c1=O.Cc1cc(Cl)ccc1Br. The summed E-state index contributed by atoms with van der Waals surface area (Å²) in [6, 6.07) is 7.89. The van der Waals surface area contributed by atoms with Crippen LogP contribution in [0.25, 0.3) is 0 Å². The fraction of sp³-hybridized carbons (Fsp3) is 0.615. The summed E-state index contributed by atoms with van der Waals surface area (Å²) in [6.07, 6.45) is 7.10. The molecule has 0 spiro atoms. The number of pyridine rings is 1. The maximum Gasteiger partial charge on any atom is 0.412 e. The Bertz CT molecular complexity index is 1450. The number of aromatic nitrogens is 1. The number of aryl methyl sites for hydroxylation is 1. The summed E-state index contributed by atoms with van der Waals surface area (Å²) >= 11 is 9.07. The molecule has 52 heavy (non-hydrogen) atoms. The molecule has 0 saturated heterocycles. The topological polar surface area (TPSA) is 130 Å². The highest BCUT2D eigenvalue weighted by atomic mass is 79.9. The maximum absolute atomic E-state index is 12.8. The molecule has 2 aromatic rings. The summed E-state index contributed by atoms with van der Waals surface area (Å²) in [5, 5.41) is 6.29. The number of amides is 3. The first-order valence-electron chi connectivity index (χ1n) is 18.1. The molecule has 11 nitrogen and oxygen atoms in total. The number of anilines is 1. The van der Waals surface area contributed by atoms with Gasteiger partial charge in [0.15, 0.2) is 0 Å². The number of hydrogen-bond donors (Lipinski definition) is 2. The molecule has 0 saturated carbocycles. The lowest BCUT2D eigenvalue weighted by Gasteiger charge is -2.26. The Morgan fingerprint density at radius 1 is 1.02 bits per heavy atom. The van der Waals surface area contributed by atoms with Crippen molar-refractivity contribution < 1.29 is 23.9 Å². The van der Waals surface area contributed by atoms with Gasteiger partial charge in [-0.3, -0.25) is 19.7 Å². The van der Waals surface area contributed by atoms with Crippen molar-refractivity contribution in [2.24, 2.45) is 5.92 Å². The molecule has 2 atom stereocenters. The van der Waals surface area contributed by atoms with E-state index >= 15 is 0 Å². The van der Waals surface area contributed by atoms with Crippen LogP contribution in [0.3, 0.4) is 0 Å². The molecular weight excluding hydrogens is 750 g/mol. The van der Waals surface area contributed by atoms with Crippen molar-refractivity contribution >= 4 is 57.4 Å². The Morgan fingerprint density at radius 2 is 1.63 bits per heavy atom. The van der Waals surface area contributed by atoms with Gasteiger partial charge >= 0.3 is 6.09 Å². The van der Waals surface area contributed by atoms with Gasteiger partial charge in [0.25, 0.3) is 5.56 Å². The molecule has 0 fully saturated rings. The van der Waals surface area contributed by atoms with Crippen molar-refractivity contribution in [2.45, 2.75) is 118 Å². The third-order valence-electron chi connectivity index (χ3n) is 7.77. The zero-order chi connectivity index (χ0) is 40.0. The van der Waals surface area contributed by atoms with Gasteiger partial charge in [-0.2, -0.15) is 0 Å². The van der Waals surface area contributed by atoms with Crippen LogP contribution in [-0.4, -0.2) is 84.4 Å². The predicted octanol–water partition coefficient (Wildman–Crippen LogP) is 8.26. The van der Waals surface area contributed by atoms with Crippen molar-refractivity contribution in [1.29, 1.82) is 0 Å². The number of rotatable bonds is 17. The second kappa shape index (κ2) is 25.7. The van der Waals surface area contributed by atoms with Crippen LogP contribution in [0, 0.1) is 12.8 Å². The summed E-state index contributed by atoms with van der Waals surface area (Å²) in [5.41, 5.74) is 0.0637. The van der Waals surface area contributed by atoms with Gasteiger partial charge in [-0.1, -0.05) is 80.9 Å². The summed E-state index contributed by atoms with van der Waals surface area (Å²) in [6.45, 7) is 16.0. The number of nitrogens with zero attached hydrogens (tertiary/aromatic N) is 3. The van der Waals surface area contributed by atoms with E-state index < -0.39 is 23.3 Å². The highest BCUT2D eigenvalue weighted by Gasteiger charge is 2.24. The fourth-order valence-corrected chi connectivity index (χ4v) is 5.47. The third-order valence-corrected chi connectivity index (χ3v) is 8.89. The van der Waals surface area contributed by atoms with Gasteiger partial charge in [-0.05, 0) is 95.8 Å². The van der Waals surface area contributed by atoms with E-state index in [1.807, 2.05) is 39.0 Å². The molecule has 2 rings (SSSR count). The summed E-state index contributed by atoms with van der Waals surface area (Å²) in [7, 11) is 5.17. The van der Waals surface area contributed by atoms with Gasteiger partial charge in [0.2, 0.25) is 11.8 Å². The van der Waals surface area contributed by atoms with Crippen LogP contribution < -0.4 is 16.2 Å². The van der Waals surface area contributed by atoms with Crippen LogP contribution >= 0.6 is 27.5 Å². The van der Waals surface area contributed by atoms with Crippen molar-refractivity contribution in [1.82, 2.24) is 19.7 Å². The van der Waals surface area contributed by atoms with E-state index in [1.54, 1.807) is 59.1 Å². The molecule has 0 aliphatic rings. The van der Waals surface area contributed by atoms with Crippen molar-refractivity contribution in [3.63, 3.8) is 0 Å². The molecular formula is C39H63BrClN5O6. The molecule has 0 aliphatic heterocycles. The fourth-order valence-electron chi connectivity index (χ4n) is 5.00. The summed E-state index contributed by atoms with van der Waals surface area (Å²) < 4.78 is 7.65. The number of aldehydes is 1. The van der Waals surface area contributed by atoms with Crippen molar-refractivity contribution in [3.8, 4) is 0 Å². The van der Waals surface area contributed by atoms with E-state index in [9.17, 15) is 24.0 Å². The van der Waals surface area contributed by atoms with Crippen LogP contribution in [-0.2, 0) is 19.1 Å². The Kier molecular flexibility index (Phi) is 24.1. The molecule has 1 aromatic carbocycles. The van der Waals surface area contributed by atoms with E-state index in [-0.39, 0.29) is 30.1 Å². The second-order valence-electron chi connectivity index (χ2n) is 13.9. The summed E-state index contributed by atoms with van der Waals surface area (Å²) in [4.78, 5) is 65.0. The van der Waals surface area contributed by atoms with Crippen LogP contribution in [0.5, 0.6) is 0 Å². The van der Waals surface area contributed by atoms with Gasteiger partial charge < -0.3 is 29.2 Å². The first-order valence-corrected chi connectivity index (χ1v) is 19.3. The largest absolute Gasteiger partial charge is 0.444 e. The minimum atomic E-state index is -0.730. The van der Waals surface area contributed by atoms with Crippen molar-refractivity contribution in [3.05, 3.63) is 61.9 Å². The molecule has 13 heteroatoms. The van der Waals surface area contributed by atoms with Crippen molar-refractivity contribution in [2.75, 3.05) is 39.5 Å². The summed E-state index contributed by atoms with van der Waals surface area (Å²) in [5.74, 6) is 0.197. The Labute approximate surface area is 325 Å². The number of carbonyl (C=O) groups is 4. The molecule has 1 aromatic heterocycles. The van der Waals surface area contributed by atoms with Crippen LogP contribution in [0.4, 0.5) is 10.5 Å². The number of nitrogens with one attached hydrogen (secondary N) is 2. The number of halogens is 2. The van der Waals surface area contributed by atoms with Gasteiger partial charge in [0.1, 0.15) is 17.6 Å². The molecule has 2 N–H and O–H groups in total. The Balaban J connectivity index is 0.00000202. The van der Waals surface area contributed by atoms with Gasteiger partial charge in [0, 0.05) is 36.3 Å². The Hall–Kier alpha value is -3.22. The highest BCUT2D eigenvalue weighted by Crippen LogP contribution is 2.19. The standard InChI is InChI=1S/C30H51N5O6.C7H6BrCl.C2H6/c1-22(2)19-25(31-6)27(38)34(8)20-26(37)33(7)17-13-11-9-10-12-15-23(21-36)35-18-14-16-24(28(35)39)32-29(40)41-30(3,4)5;1-5-4-6(9)2-3-7(5)8;1-2/h14,16,18,21-23,25,31H,9-13,15,17,19-20H2,1-8H3,(H,32,40);2-4H,1H3;1-2H3/t23?,25-;;/m0../s1. The molecule has 0 bridgehead atoms. The lowest BCUT2D eigenvalue weighted by Crippen LogP contribution is -2.47. The van der Waals surface area contributed by atoms with E-state index in [2.05, 4.69) is 40.4 Å². The normalized spacial score (nSPS) is 12.0.